The molecule has 3 heterocycles. The van der Waals surface area contributed by atoms with Gasteiger partial charge in [0.2, 0.25) is 0 Å². The van der Waals surface area contributed by atoms with E-state index in [0.29, 0.717) is 0 Å². The molecule has 2 aromatic carbocycles. The Balaban J connectivity index is 1.88. The second-order valence-electron chi connectivity index (χ2n) is 13.4. The monoisotopic (exact) mass is 697 g/mol. The van der Waals surface area contributed by atoms with Crippen LogP contribution in [-0.4, -0.2) is 81.5 Å². The fourth-order valence-corrected chi connectivity index (χ4v) is 6.84. The number of benzene rings is 2. The first-order chi connectivity index (χ1) is 23.4. The van der Waals surface area contributed by atoms with Crippen LogP contribution in [0, 0.1) is 36.5 Å². The Morgan fingerprint density at radius 3 is 2.20 bits per heavy atom. The van der Waals surface area contributed by atoms with Crippen LogP contribution < -0.4 is 10.1 Å². The molecule has 1 amide bonds. The number of fused-ring (bicyclic) bond motifs is 14. The zero-order chi connectivity index (χ0) is 37.4. The summed E-state index contributed by atoms with van der Waals surface area (Å²) in [5, 5.41) is 58.2. The van der Waals surface area contributed by atoms with Crippen molar-refractivity contribution in [1.82, 2.24) is 0 Å². The Labute approximate surface area is 290 Å². The Morgan fingerprint density at radius 2 is 1.58 bits per heavy atom. The normalized spacial score (nSPS) is 32.6. The summed E-state index contributed by atoms with van der Waals surface area (Å²) in [6.07, 6.45) is 4.39. The van der Waals surface area contributed by atoms with E-state index in [-0.39, 0.29) is 38.9 Å². The lowest BCUT2D eigenvalue weighted by molar-refractivity contribution is -0.155. The van der Waals surface area contributed by atoms with Gasteiger partial charge in [-0.2, -0.15) is 0 Å². The standard InChI is InChI=1S/C37H47NO12/c1-16-11-10-12-17(2)35(45)38-22-15-23(39)26-27(32(22)43)31(42)21(6)33-28(26)34(44)37(7,50-33)49-14-13-24(47-8)18(3)25(36(46)48-9)19(4)30(41)20(5)29(16)40/h10-16,18-20,24-25,29-30,39-43H,1-9H3,(H,38,45)/b11-10-,14-13?,17-12-. The van der Waals surface area contributed by atoms with E-state index in [2.05, 4.69) is 5.32 Å². The maximum Gasteiger partial charge on any atom is 0.312 e. The largest absolute Gasteiger partial charge is 0.507 e. The van der Waals surface area contributed by atoms with Gasteiger partial charge in [-0.25, -0.2) is 0 Å². The van der Waals surface area contributed by atoms with Gasteiger partial charge >= 0.3 is 11.8 Å². The number of esters is 1. The Morgan fingerprint density at radius 1 is 0.920 bits per heavy atom. The predicted molar refractivity (Wildman–Crippen MR) is 184 cm³/mol. The zero-order valence-corrected chi connectivity index (χ0v) is 29.7. The molecule has 0 saturated heterocycles. The maximum atomic E-state index is 13.9. The lowest BCUT2D eigenvalue weighted by Gasteiger charge is -2.37. The molecule has 13 heteroatoms. The Bertz CT molecular complexity index is 1760. The van der Waals surface area contributed by atoms with Gasteiger partial charge in [0.05, 0.1) is 54.2 Å². The number of Topliss-reactive ketones (excluding diaryl/α,β-unsaturated/α-hetero) is 1. The van der Waals surface area contributed by atoms with Gasteiger partial charge in [0.15, 0.2) is 5.75 Å². The topological polar surface area (TPSA) is 201 Å². The number of aliphatic hydroxyl groups is 2. The van der Waals surface area contributed by atoms with Crippen molar-refractivity contribution < 1.29 is 58.9 Å². The van der Waals surface area contributed by atoms with Crippen LogP contribution in [0.15, 0.2) is 42.2 Å². The number of carbonyl (C=O) groups is 3. The second kappa shape index (κ2) is 14.7. The number of aromatic hydroxyl groups is 3. The minimum Gasteiger partial charge on any atom is -0.507 e. The van der Waals surface area contributed by atoms with Crippen LogP contribution in [0.2, 0.25) is 0 Å². The molecule has 0 radical (unpaired) electrons. The van der Waals surface area contributed by atoms with Crippen molar-refractivity contribution in [1.29, 1.82) is 0 Å². The average molecular weight is 698 g/mol. The number of ketones is 1. The van der Waals surface area contributed by atoms with Crippen LogP contribution in [0.4, 0.5) is 5.69 Å². The fraction of sp³-hybridized carbons (Fsp3) is 0.486. The molecule has 9 unspecified atom stereocenters. The third kappa shape index (κ3) is 6.77. The molecule has 0 aromatic heterocycles. The minimum atomic E-state index is -1.99. The van der Waals surface area contributed by atoms with Gasteiger partial charge in [0, 0.05) is 48.5 Å². The third-order valence-electron chi connectivity index (χ3n) is 10.1. The first-order valence-corrected chi connectivity index (χ1v) is 16.4. The molecule has 0 spiro atoms. The number of phenolic OH excluding ortho intramolecular Hbond substituents is 3. The molecular formula is C37H47NO12. The highest BCUT2D eigenvalue weighted by molar-refractivity contribution is 6.21. The first-order valence-electron chi connectivity index (χ1n) is 16.4. The van der Waals surface area contributed by atoms with Gasteiger partial charge in [-0.15, -0.1) is 0 Å². The number of allylic oxidation sites excluding steroid dienone is 2. The molecule has 2 aromatic rings. The van der Waals surface area contributed by atoms with Gasteiger partial charge in [0.25, 0.3) is 11.7 Å². The highest BCUT2D eigenvalue weighted by Gasteiger charge is 2.49. The highest BCUT2D eigenvalue weighted by atomic mass is 16.7. The summed E-state index contributed by atoms with van der Waals surface area (Å²) in [4.78, 5) is 40.2. The number of amides is 1. The van der Waals surface area contributed by atoms with Crippen LogP contribution in [0.5, 0.6) is 23.0 Å². The van der Waals surface area contributed by atoms with Gasteiger partial charge in [-0.05, 0) is 31.8 Å². The van der Waals surface area contributed by atoms with E-state index < -0.39 is 88.6 Å². The molecule has 9 atom stereocenters. The summed E-state index contributed by atoms with van der Waals surface area (Å²) in [5.74, 6) is -9.04. The number of rotatable bonds is 2. The molecule has 5 rings (SSSR count). The number of phenols is 3. The van der Waals surface area contributed by atoms with Crippen molar-refractivity contribution in [3.05, 3.63) is 53.3 Å². The molecule has 6 N–H and O–H groups in total. The fourth-order valence-electron chi connectivity index (χ4n) is 6.84. The smallest absolute Gasteiger partial charge is 0.312 e. The molecule has 13 nitrogen and oxygen atoms in total. The van der Waals surface area contributed by atoms with Crippen LogP contribution in [0.3, 0.4) is 0 Å². The maximum absolute atomic E-state index is 13.9. The van der Waals surface area contributed by atoms with E-state index in [1.54, 1.807) is 39.8 Å². The summed E-state index contributed by atoms with van der Waals surface area (Å²) < 4.78 is 22.6. The summed E-state index contributed by atoms with van der Waals surface area (Å²) in [6, 6.07) is 1.06. The van der Waals surface area contributed by atoms with Crippen molar-refractivity contribution in [2.75, 3.05) is 19.5 Å². The van der Waals surface area contributed by atoms with Gasteiger partial charge in [-0.3, -0.25) is 14.4 Å². The molecule has 0 fully saturated rings. The van der Waals surface area contributed by atoms with Crippen LogP contribution in [0.25, 0.3) is 10.8 Å². The van der Waals surface area contributed by atoms with Crippen molar-refractivity contribution >= 4 is 34.1 Å². The van der Waals surface area contributed by atoms with Gasteiger partial charge in [0.1, 0.15) is 17.2 Å². The van der Waals surface area contributed by atoms with E-state index in [4.69, 9.17) is 18.9 Å². The number of ether oxygens (including phenoxy) is 4. The van der Waals surface area contributed by atoms with Crippen molar-refractivity contribution in [3.8, 4) is 23.0 Å². The number of nitrogens with one attached hydrogen (secondary N) is 1. The summed E-state index contributed by atoms with van der Waals surface area (Å²) in [7, 11) is 2.66. The van der Waals surface area contributed by atoms with Crippen LogP contribution in [-0.2, 0) is 23.8 Å². The van der Waals surface area contributed by atoms with Crippen LogP contribution in [0.1, 0.15) is 57.5 Å². The van der Waals surface area contributed by atoms with E-state index in [1.165, 1.54) is 53.4 Å². The Hall–Kier alpha value is -4.59. The van der Waals surface area contributed by atoms with E-state index in [9.17, 15) is 39.9 Å². The number of anilines is 1. The quantitative estimate of drug-likeness (QED) is 0.145. The first kappa shape index (κ1) is 38.2. The van der Waals surface area contributed by atoms with Crippen molar-refractivity contribution in [2.24, 2.45) is 29.6 Å². The van der Waals surface area contributed by atoms with Gasteiger partial charge in [-0.1, -0.05) is 45.9 Å². The van der Waals surface area contributed by atoms with Crippen molar-refractivity contribution in [3.63, 3.8) is 0 Å². The SMILES string of the molecule is COC(=O)C1C(C)C(OC)C=COC2(C)Oc3c(C)c(O)c4c(O)c(cc(O)c4c3C2=O)NC(=O)/C(C)=C\C=C/C(C)C(O)C(C)C(O)C1C. The summed E-state index contributed by atoms with van der Waals surface area (Å²) in [6.45, 7) is 11.2. The molecular weight excluding hydrogens is 650 g/mol. The molecule has 3 aliphatic heterocycles. The van der Waals surface area contributed by atoms with E-state index in [0.717, 1.165) is 6.07 Å². The van der Waals surface area contributed by atoms with Crippen molar-refractivity contribution in [2.45, 2.75) is 72.6 Å². The average Bonchev–Trinajstić information content (AvgIpc) is 3.34. The minimum absolute atomic E-state index is 0.0736. The number of hydrogen-bond acceptors (Lipinski definition) is 12. The second-order valence-corrected chi connectivity index (χ2v) is 13.4. The lowest BCUT2D eigenvalue weighted by atomic mass is 9.73. The molecule has 272 valence electrons. The number of carbonyl (C=O) groups excluding carboxylic acids is 3. The third-order valence-corrected chi connectivity index (χ3v) is 10.1. The molecule has 50 heavy (non-hydrogen) atoms. The number of aliphatic hydroxyl groups excluding tert-OH is 2. The molecule has 0 saturated carbocycles. The van der Waals surface area contributed by atoms with Gasteiger partial charge < -0.3 is 49.8 Å². The van der Waals surface area contributed by atoms with E-state index in [1.807, 2.05) is 0 Å². The zero-order valence-electron chi connectivity index (χ0n) is 29.7. The molecule has 5 bridgehead atoms. The molecule has 3 aliphatic rings. The predicted octanol–water partition coefficient (Wildman–Crippen LogP) is 4.61. The number of methoxy groups -OCH3 is 2. The Kier molecular flexibility index (Phi) is 11.2. The summed E-state index contributed by atoms with van der Waals surface area (Å²) in [5.41, 5.74) is -0.105. The summed E-state index contributed by atoms with van der Waals surface area (Å²) >= 11 is 0. The lowest BCUT2D eigenvalue weighted by Crippen LogP contribution is -2.45. The van der Waals surface area contributed by atoms with E-state index >= 15 is 0 Å². The number of hydrogen-bond donors (Lipinski definition) is 6. The van der Waals surface area contributed by atoms with Crippen LogP contribution >= 0.6 is 0 Å². The molecule has 0 aliphatic carbocycles. The highest BCUT2D eigenvalue weighted by Crippen LogP contribution is 2.53.